The Labute approximate surface area is 179 Å². The molecule has 0 atom stereocenters. The summed E-state index contributed by atoms with van der Waals surface area (Å²) < 4.78 is 13.8. The third-order valence-corrected chi connectivity index (χ3v) is 6.05. The fourth-order valence-electron chi connectivity index (χ4n) is 3.49. The number of morpholine rings is 1. The summed E-state index contributed by atoms with van der Waals surface area (Å²) in [4.78, 5) is 26.2. The molecular formula is C20H26N6O3S. The molecule has 1 amide bonds. The highest BCUT2D eigenvalue weighted by molar-refractivity contribution is 7.23. The maximum Gasteiger partial charge on any atom is 0.275 e. The molecule has 0 unspecified atom stereocenters. The fourth-order valence-corrected chi connectivity index (χ4v) is 4.51. The monoisotopic (exact) mass is 430 g/mol. The number of hydrogen-bond donors (Lipinski definition) is 1. The van der Waals surface area contributed by atoms with Gasteiger partial charge in [0.1, 0.15) is 22.8 Å². The predicted molar refractivity (Wildman–Crippen MR) is 118 cm³/mol. The minimum Gasteiger partial charge on any atom is -0.494 e. The number of rotatable bonds is 6. The van der Waals surface area contributed by atoms with E-state index in [-0.39, 0.29) is 5.91 Å². The number of hydrogen-bond acceptors (Lipinski definition) is 8. The summed E-state index contributed by atoms with van der Waals surface area (Å²) in [5.74, 6) is 1.28. The highest BCUT2D eigenvalue weighted by Gasteiger charge is 2.21. The van der Waals surface area contributed by atoms with Gasteiger partial charge in [0.25, 0.3) is 5.91 Å². The predicted octanol–water partition coefficient (Wildman–Crippen LogP) is 2.19. The Kier molecular flexibility index (Phi) is 5.89. The Morgan fingerprint density at radius 2 is 2.10 bits per heavy atom. The maximum atomic E-state index is 12.9. The van der Waals surface area contributed by atoms with E-state index in [1.54, 1.807) is 13.3 Å². The van der Waals surface area contributed by atoms with Crippen LogP contribution in [0.25, 0.3) is 10.2 Å². The summed E-state index contributed by atoms with van der Waals surface area (Å²) in [5.41, 5.74) is 2.33. The third kappa shape index (κ3) is 3.98. The van der Waals surface area contributed by atoms with E-state index in [0.717, 1.165) is 34.8 Å². The molecule has 1 aromatic carbocycles. The van der Waals surface area contributed by atoms with Crippen molar-refractivity contribution in [3.8, 4) is 5.75 Å². The largest absolute Gasteiger partial charge is 0.494 e. The zero-order valence-corrected chi connectivity index (χ0v) is 18.5. The molecule has 30 heavy (non-hydrogen) atoms. The molecule has 1 aliphatic rings. The molecule has 0 radical (unpaired) electrons. The van der Waals surface area contributed by atoms with E-state index in [1.165, 1.54) is 11.3 Å². The molecule has 0 saturated carbocycles. The maximum absolute atomic E-state index is 12.9. The number of amides is 1. The van der Waals surface area contributed by atoms with Gasteiger partial charge in [0, 0.05) is 20.1 Å². The number of nitrogens with zero attached hydrogens (tertiary/aromatic N) is 5. The van der Waals surface area contributed by atoms with Crippen molar-refractivity contribution in [2.75, 3.05) is 57.7 Å². The van der Waals surface area contributed by atoms with E-state index >= 15 is 0 Å². The average Bonchev–Trinajstić information content (AvgIpc) is 3.31. The van der Waals surface area contributed by atoms with Gasteiger partial charge in [-0.3, -0.25) is 10.1 Å². The van der Waals surface area contributed by atoms with Crippen LogP contribution in [-0.2, 0) is 18.3 Å². The number of aromatic nitrogens is 3. The standard InChI is InChI=1S/C20H26N6O3S/c1-24(2)12-16-21-11-14(25(16)3)19(27)23-20-22-17-15(28-4)6-5-13(18(17)30-20)26-7-9-29-10-8-26/h5-6,11H,7-10,12H2,1-4H3,(H,22,23,27). The van der Waals surface area contributed by atoms with Crippen LogP contribution in [0.15, 0.2) is 18.3 Å². The summed E-state index contributed by atoms with van der Waals surface area (Å²) in [6.45, 7) is 3.71. The second-order valence-corrected chi connectivity index (χ2v) is 8.39. The number of methoxy groups -OCH3 is 1. The van der Waals surface area contributed by atoms with E-state index in [2.05, 4.69) is 20.2 Å². The summed E-state index contributed by atoms with van der Waals surface area (Å²) in [7, 11) is 7.41. The topological polar surface area (TPSA) is 84.8 Å². The van der Waals surface area contributed by atoms with Gasteiger partial charge in [0.15, 0.2) is 5.13 Å². The van der Waals surface area contributed by atoms with Gasteiger partial charge in [-0.05, 0) is 26.2 Å². The number of imidazole rings is 1. The van der Waals surface area contributed by atoms with Crippen molar-refractivity contribution in [2.24, 2.45) is 7.05 Å². The lowest BCUT2D eigenvalue weighted by Gasteiger charge is -2.29. The van der Waals surface area contributed by atoms with Crippen molar-refractivity contribution in [2.45, 2.75) is 6.54 Å². The van der Waals surface area contributed by atoms with Gasteiger partial charge in [0.2, 0.25) is 0 Å². The van der Waals surface area contributed by atoms with Crippen LogP contribution < -0.4 is 15.0 Å². The van der Waals surface area contributed by atoms with Crippen molar-refractivity contribution in [3.05, 3.63) is 29.8 Å². The number of carbonyl (C=O) groups excluding carboxylic acids is 1. The van der Waals surface area contributed by atoms with Gasteiger partial charge < -0.3 is 23.8 Å². The SMILES string of the molecule is COc1ccc(N2CCOCC2)c2sc(NC(=O)c3cnc(CN(C)C)n3C)nc12. The Morgan fingerprint density at radius 1 is 1.33 bits per heavy atom. The van der Waals surface area contributed by atoms with Crippen molar-refractivity contribution in [3.63, 3.8) is 0 Å². The van der Waals surface area contributed by atoms with Crippen molar-refractivity contribution in [1.29, 1.82) is 0 Å². The highest BCUT2D eigenvalue weighted by Crippen LogP contribution is 2.39. The number of thiazole rings is 1. The molecule has 0 bridgehead atoms. The molecule has 4 rings (SSSR count). The van der Waals surface area contributed by atoms with Gasteiger partial charge in [-0.2, -0.15) is 0 Å². The second kappa shape index (κ2) is 8.58. The van der Waals surface area contributed by atoms with Crippen molar-refractivity contribution < 1.29 is 14.3 Å². The number of carbonyl (C=O) groups is 1. The van der Waals surface area contributed by atoms with Gasteiger partial charge in [-0.25, -0.2) is 9.97 Å². The number of fused-ring (bicyclic) bond motifs is 1. The first kappa shape index (κ1) is 20.6. The highest BCUT2D eigenvalue weighted by atomic mass is 32.1. The molecule has 2 aromatic heterocycles. The van der Waals surface area contributed by atoms with Crippen LogP contribution in [0.4, 0.5) is 10.8 Å². The Balaban J connectivity index is 1.63. The van der Waals surface area contributed by atoms with Gasteiger partial charge in [-0.15, -0.1) is 0 Å². The van der Waals surface area contributed by atoms with Crippen LogP contribution in [0, 0.1) is 0 Å². The Hall–Kier alpha value is -2.69. The summed E-state index contributed by atoms with van der Waals surface area (Å²) in [6.07, 6.45) is 1.60. The van der Waals surface area contributed by atoms with E-state index in [0.29, 0.717) is 36.3 Å². The third-order valence-electron chi connectivity index (χ3n) is 5.05. The lowest BCUT2D eigenvalue weighted by Crippen LogP contribution is -2.36. The van der Waals surface area contributed by atoms with E-state index < -0.39 is 0 Å². The first-order valence-electron chi connectivity index (χ1n) is 9.75. The van der Waals surface area contributed by atoms with Crippen LogP contribution in [-0.4, -0.2) is 72.9 Å². The summed E-state index contributed by atoms with van der Waals surface area (Å²) in [5, 5.41) is 3.46. The molecular weight excluding hydrogens is 404 g/mol. The quantitative estimate of drug-likeness (QED) is 0.642. The molecule has 3 heterocycles. The number of ether oxygens (including phenoxy) is 2. The van der Waals surface area contributed by atoms with Crippen LogP contribution in [0.5, 0.6) is 5.75 Å². The molecule has 9 nitrogen and oxygen atoms in total. The molecule has 1 aliphatic heterocycles. The average molecular weight is 431 g/mol. The molecule has 160 valence electrons. The number of anilines is 2. The zero-order valence-electron chi connectivity index (χ0n) is 17.6. The van der Waals surface area contributed by atoms with Crippen LogP contribution in [0.3, 0.4) is 0 Å². The number of nitrogens with one attached hydrogen (secondary N) is 1. The first-order chi connectivity index (χ1) is 14.5. The van der Waals surface area contributed by atoms with Crippen LogP contribution >= 0.6 is 11.3 Å². The van der Waals surface area contributed by atoms with E-state index in [9.17, 15) is 4.79 Å². The lowest BCUT2D eigenvalue weighted by molar-refractivity contribution is 0.101. The lowest BCUT2D eigenvalue weighted by atomic mass is 10.2. The van der Waals surface area contributed by atoms with Crippen molar-refractivity contribution >= 4 is 38.3 Å². The smallest absolute Gasteiger partial charge is 0.275 e. The van der Waals surface area contributed by atoms with Crippen molar-refractivity contribution in [1.82, 2.24) is 19.4 Å². The Morgan fingerprint density at radius 3 is 2.80 bits per heavy atom. The van der Waals surface area contributed by atoms with E-state index in [1.807, 2.05) is 42.7 Å². The van der Waals surface area contributed by atoms with Crippen LogP contribution in [0.2, 0.25) is 0 Å². The van der Waals surface area contributed by atoms with Gasteiger partial charge >= 0.3 is 0 Å². The first-order valence-corrected chi connectivity index (χ1v) is 10.6. The summed E-state index contributed by atoms with van der Waals surface area (Å²) in [6, 6.07) is 3.97. The Bertz CT molecular complexity index is 1050. The zero-order chi connectivity index (χ0) is 21.3. The number of benzene rings is 1. The van der Waals surface area contributed by atoms with Gasteiger partial charge in [0.05, 0.1) is 43.5 Å². The minimum absolute atomic E-state index is 0.235. The molecule has 0 aliphatic carbocycles. The second-order valence-electron chi connectivity index (χ2n) is 7.39. The minimum atomic E-state index is -0.235. The molecule has 10 heteroatoms. The normalized spacial score (nSPS) is 14.5. The molecule has 1 fully saturated rings. The van der Waals surface area contributed by atoms with Crippen LogP contribution in [0.1, 0.15) is 16.3 Å². The summed E-state index contributed by atoms with van der Waals surface area (Å²) >= 11 is 1.45. The molecule has 0 spiro atoms. The fraction of sp³-hybridized carbons (Fsp3) is 0.450. The van der Waals surface area contributed by atoms with E-state index in [4.69, 9.17) is 9.47 Å². The molecule has 1 saturated heterocycles. The molecule has 3 aromatic rings. The van der Waals surface area contributed by atoms with Gasteiger partial charge in [-0.1, -0.05) is 11.3 Å². The molecule has 1 N–H and O–H groups in total.